The third kappa shape index (κ3) is 4.03. The first kappa shape index (κ1) is 19.1. The fourth-order valence-corrected chi connectivity index (χ4v) is 2.65. The molecule has 0 radical (unpaired) electrons. The van der Waals surface area contributed by atoms with Crippen LogP contribution in [0.25, 0.3) is 0 Å². The predicted molar refractivity (Wildman–Crippen MR) is 94.7 cm³/mol. The molecule has 3 aromatic rings. The lowest BCUT2D eigenvalue weighted by Crippen LogP contribution is -2.22. The summed E-state index contributed by atoms with van der Waals surface area (Å²) in [6.07, 6.45) is 2.65. The third-order valence-corrected chi connectivity index (χ3v) is 4.07. The number of nitrogens with zero attached hydrogens (tertiary/aromatic N) is 5. The molecule has 0 aliphatic rings. The fourth-order valence-electron chi connectivity index (χ4n) is 2.65. The van der Waals surface area contributed by atoms with Crippen LogP contribution in [0.2, 0.25) is 0 Å². The van der Waals surface area contributed by atoms with Gasteiger partial charge in [-0.15, -0.1) is 0 Å². The van der Waals surface area contributed by atoms with Crippen molar-refractivity contribution in [2.24, 2.45) is 0 Å². The Hall–Kier alpha value is -3.63. The van der Waals surface area contributed by atoms with Gasteiger partial charge in [0.15, 0.2) is 0 Å². The van der Waals surface area contributed by atoms with Gasteiger partial charge in [-0.1, -0.05) is 0 Å². The van der Waals surface area contributed by atoms with Crippen molar-refractivity contribution >= 4 is 17.5 Å². The highest BCUT2D eigenvalue weighted by atomic mass is 19.1. The van der Waals surface area contributed by atoms with Crippen molar-refractivity contribution < 1.29 is 18.5 Å². The largest absolute Gasteiger partial charge is 0.381 e. The van der Waals surface area contributed by atoms with Gasteiger partial charge in [0.25, 0.3) is 0 Å². The summed E-state index contributed by atoms with van der Waals surface area (Å²) in [6.45, 7) is 2.96. The van der Waals surface area contributed by atoms with E-state index in [-0.39, 0.29) is 24.5 Å². The highest BCUT2D eigenvalue weighted by molar-refractivity contribution is 5.90. The molecule has 0 atom stereocenters. The molecule has 11 heteroatoms. The Morgan fingerprint density at radius 3 is 2.75 bits per heavy atom. The topological polar surface area (TPSA) is 108 Å². The van der Waals surface area contributed by atoms with E-state index in [0.717, 1.165) is 18.2 Å². The summed E-state index contributed by atoms with van der Waals surface area (Å²) >= 11 is 0. The highest BCUT2D eigenvalue weighted by Crippen LogP contribution is 2.18. The molecule has 0 saturated heterocycles. The maximum Gasteiger partial charge on any atom is 0.381 e. The van der Waals surface area contributed by atoms with Crippen LogP contribution in [0.4, 0.5) is 20.4 Å². The van der Waals surface area contributed by atoms with Crippen LogP contribution in [-0.2, 0) is 17.9 Å². The molecular weight excluding hydrogens is 374 g/mol. The molecule has 0 saturated carbocycles. The summed E-state index contributed by atoms with van der Waals surface area (Å²) in [5, 5.41) is 17.5. The van der Waals surface area contributed by atoms with Gasteiger partial charge in [0, 0.05) is 18.1 Å². The molecule has 0 aliphatic carbocycles. The van der Waals surface area contributed by atoms with Gasteiger partial charge in [0.05, 0.1) is 12.7 Å². The first-order valence-electron chi connectivity index (χ1n) is 8.19. The summed E-state index contributed by atoms with van der Waals surface area (Å²) < 4.78 is 30.0. The van der Waals surface area contributed by atoms with E-state index in [2.05, 4.69) is 15.4 Å². The SMILES string of the molecule is Cc1cnn(Cc2cc(F)ccc2F)c1NC(=O)Cn1cc([N+](=O)[O-])nc1C. The number of anilines is 1. The summed E-state index contributed by atoms with van der Waals surface area (Å²) in [5.41, 5.74) is 0.707. The molecule has 28 heavy (non-hydrogen) atoms. The molecule has 9 nitrogen and oxygen atoms in total. The number of hydrogen-bond acceptors (Lipinski definition) is 5. The fraction of sp³-hybridized carbons (Fsp3) is 0.235. The zero-order valence-electron chi connectivity index (χ0n) is 15.0. The van der Waals surface area contributed by atoms with Crippen LogP contribution >= 0.6 is 0 Å². The van der Waals surface area contributed by atoms with Crippen molar-refractivity contribution in [1.29, 1.82) is 0 Å². The second kappa shape index (κ2) is 7.55. The summed E-state index contributed by atoms with van der Waals surface area (Å²) in [4.78, 5) is 26.3. The van der Waals surface area contributed by atoms with Crippen LogP contribution in [0.5, 0.6) is 0 Å². The molecule has 1 amide bonds. The van der Waals surface area contributed by atoms with Crippen LogP contribution < -0.4 is 5.32 Å². The molecule has 0 spiro atoms. The second-order valence-electron chi connectivity index (χ2n) is 6.15. The first-order valence-corrected chi connectivity index (χ1v) is 8.19. The minimum absolute atomic E-state index is 0.0807. The highest BCUT2D eigenvalue weighted by Gasteiger charge is 2.19. The zero-order valence-corrected chi connectivity index (χ0v) is 15.0. The normalized spacial score (nSPS) is 10.9. The van der Waals surface area contributed by atoms with Gasteiger partial charge >= 0.3 is 5.82 Å². The Morgan fingerprint density at radius 1 is 1.32 bits per heavy atom. The number of aryl methyl sites for hydroxylation is 2. The van der Waals surface area contributed by atoms with Gasteiger partial charge < -0.3 is 15.4 Å². The molecular formula is C17H16F2N6O3. The van der Waals surface area contributed by atoms with Crippen LogP contribution in [-0.4, -0.2) is 30.2 Å². The number of carbonyl (C=O) groups excluding carboxylic acids is 1. The van der Waals surface area contributed by atoms with Gasteiger partial charge in [-0.2, -0.15) is 5.10 Å². The molecule has 0 aliphatic heterocycles. The van der Waals surface area contributed by atoms with E-state index in [1.165, 1.54) is 21.6 Å². The molecule has 0 fully saturated rings. The molecule has 146 valence electrons. The number of benzene rings is 1. The Kier molecular flexibility index (Phi) is 5.16. The van der Waals surface area contributed by atoms with E-state index >= 15 is 0 Å². The van der Waals surface area contributed by atoms with Crippen molar-refractivity contribution in [1.82, 2.24) is 19.3 Å². The quantitative estimate of drug-likeness (QED) is 0.514. The number of carbonyl (C=O) groups is 1. The van der Waals surface area contributed by atoms with E-state index in [1.54, 1.807) is 13.8 Å². The van der Waals surface area contributed by atoms with Crippen molar-refractivity contribution in [3.63, 3.8) is 0 Å². The van der Waals surface area contributed by atoms with Crippen molar-refractivity contribution in [2.75, 3.05) is 5.32 Å². The van der Waals surface area contributed by atoms with Crippen LogP contribution in [0.1, 0.15) is 17.0 Å². The predicted octanol–water partition coefficient (Wildman–Crippen LogP) is 2.57. The number of halogens is 2. The molecule has 2 aromatic heterocycles. The number of hydrogen-bond donors (Lipinski definition) is 1. The average molecular weight is 390 g/mol. The van der Waals surface area contributed by atoms with Gasteiger partial charge in [-0.05, 0) is 35.0 Å². The van der Waals surface area contributed by atoms with E-state index < -0.39 is 22.5 Å². The zero-order chi connectivity index (χ0) is 20.4. The first-order chi connectivity index (χ1) is 13.2. The Labute approximate surface area is 157 Å². The number of nitro groups is 1. The third-order valence-electron chi connectivity index (χ3n) is 4.07. The van der Waals surface area contributed by atoms with Gasteiger partial charge in [0.1, 0.15) is 30.2 Å². The summed E-state index contributed by atoms with van der Waals surface area (Å²) in [7, 11) is 0. The van der Waals surface area contributed by atoms with Crippen molar-refractivity contribution in [3.05, 3.63) is 69.3 Å². The van der Waals surface area contributed by atoms with Crippen LogP contribution in [0.15, 0.2) is 30.6 Å². The lowest BCUT2D eigenvalue weighted by atomic mass is 10.2. The smallest absolute Gasteiger partial charge is 0.358 e. The Bertz CT molecular complexity index is 1060. The van der Waals surface area contributed by atoms with E-state index in [0.29, 0.717) is 17.2 Å². The van der Waals surface area contributed by atoms with Crippen LogP contribution in [0.3, 0.4) is 0 Å². The van der Waals surface area contributed by atoms with E-state index in [9.17, 15) is 23.7 Å². The number of amides is 1. The van der Waals surface area contributed by atoms with Crippen molar-refractivity contribution in [2.45, 2.75) is 26.9 Å². The summed E-state index contributed by atoms with van der Waals surface area (Å²) in [5.74, 6) is -1.36. The average Bonchev–Trinajstić information content (AvgIpc) is 3.15. The lowest BCUT2D eigenvalue weighted by molar-refractivity contribution is -0.389. The standard InChI is InChI=1S/C17H16F2N6O3/c1-10-6-20-24(7-12-5-13(18)3-4-14(12)19)17(10)22-16(26)9-23-8-15(25(27)28)21-11(23)2/h3-6,8H,7,9H2,1-2H3,(H,22,26). The maximum atomic E-state index is 13.9. The monoisotopic (exact) mass is 390 g/mol. The van der Waals surface area contributed by atoms with Gasteiger partial charge in [-0.3, -0.25) is 9.36 Å². The minimum atomic E-state index is -0.645. The molecule has 0 bridgehead atoms. The van der Waals surface area contributed by atoms with Crippen molar-refractivity contribution in [3.8, 4) is 0 Å². The molecule has 2 heterocycles. The van der Waals surface area contributed by atoms with Crippen LogP contribution in [0, 0.1) is 35.6 Å². The van der Waals surface area contributed by atoms with Gasteiger partial charge in [-0.25, -0.2) is 13.5 Å². The van der Waals surface area contributed by atoms with Gasteiger partial charge in [0.2, 0.25) is 11.7 Å². The summed E-state index contributed by atoms with van der Waals surface area (Å²) in [6, 6.07) is 3.10. The number of nitrogens with one attached hydrogen (secondary N) is 1. The number of aromatic nitrogens is 4. The Morgan fingerprint density at radius 2 is 2.07 bits per heavy atom. The lowest BCUT2D eigenvalue weighted by Gasteiger charge is -2.11. The second-order valence-corrected chi connectivity index (χ2v) is 6.15. The molecule has 3 rings (SSSR count). The Balaban J connectivity index is 1.77. The molecule has 1 N–H and O–H groups in total. The number of imidazole rings is 1. The maximum absolute atomic E-state index is 13.9. The molecule has 0 unspecified atom stereocenters. The molecule has 1 aromatic carbocycles. The number of rotatable bonds is 6. The minimum Gasteiger partial charge on any atom is -0.358 e. The van der Waals surface area contributed by atoms with E-state index in [4.69, 9.17) is 0 Å². The van der Waals surface area contributed by atoms with E-state index in [1.807, 2.05) is 0 Å².